The number of amides is 2. The summed E-state index contributed by atoms with van der Waals surface area (Å²) in [7, 11) is 0. The van der Waals surface area contributed by atoms with Crippen molar-refractivity contribution < 1.29 is 9.59 Å². The first-order valence-electron chi connectivity index (χ1n) is 9.35. The minimum absolute atomic E-state index is 0.120. The quantitative estimate of drug-likeness (QED) is 0.718. The molecular weight excluding hydrogens is 397 g/mol. The van der Waals surface area contributed by atoms with E-state index >= 15 is 0 Å². The van der Waals surface area contributed by atoms with E-state index in [1.165, 1.54) is 0 Å². The molecule has 0 saturated carbocycles. The first-order valence-corrected chi connectivity index (χ1v) is 10.1. The van der Waals surface area contributed by atoms with Gasteiger partial charge in [-0.3, -0.25) is 14.5 Å². The molecule has 1 aliphatic heterocycles. The molecular formula is C21H23Cl2N3O2. The Bertz CT molecular complexity index is 872. The maximum absolute atomic E-state index is 12.7. The summed E-state index contributed by atoms with van der Waals surface area (Å²) >= 11 is 12.0. The molecule has 5 nitrogen and oxygen atoms in total. The van der Waals surface area contributed by atoms with Crippen LogP contribution in [0, 0.1) is 0 Å². The second-order valence-electron chi connectivity index (χ2n) is 6.80. The number of rotatable bonds is 6. The number of carbonyl (C=O) groups is 2. The van der Waals surface area contributed by atoms with E-state index in [-0.39, 0.29) is 24.4 Å². The van der Waals surface area contributed by atoms with Gasteiger partial charge in [0, 0.05) is 10.7 Å². The Kier molecular flexibility index (Phi) is 6.94. The van der Waals surface area contributed by atoms with Gasteiger partial charge < -0.3 is 10.6 Å². The van der Waals surface area contributed by atoms with Crippen molar-refractivity contribution in [3.05, 3.63) is 58.1 Å². The number of benzene rings is 2. The fraction of sp³-hybridized carbons (Fsp3) is 0.333. The number of aryl methyl sites for hydroxylation is 1. The monoisotopic (exact) mass is 419 g/mol. The van der Waals surface area contributed by atoms with Crippen LogP contribution < -0.4 is 10.6 Å². The number of nitrogens with one attached hydrogen (secondary N) is 2. The summed E-state index contributed by atoms with van der Waals surface area (Å²) < 4.78 is 0. The van der Waals surface area contributed by atoms with Crippen LogP contribution in [0.3, 0.4) is 0 Å². The average Bonchev–Trinajstić information content (AvgIpc) is 3.12. The van der Waals surface area contributed by atoms with Crippen molar-refractivity contribution in [2.24, 2.45) is 0 Å². The smallest absolute Gasteiger partial charge is 0.241 e. The van der Waals surface area contributed by atoms with Crippen LogP contribution in [-0.2, 0) is 16.0 Å². The molecule has 2 aromatic rings. The van der Waals surface area contributed by atoms with Crippen LogP contribution in [0.5, 0.6) is 0 Å². The van der Waals surface area contributed by atoms with Crippen molar-refractivity contribution in [1.82, 2.24) is 4.90 Å². The Morgan fingerprint density at radius 3 is 2.64 bits per heavy atom. The highest BCUT2D eigenvalue weighted by Gasteiger charge is 2.32. The SMILES string of the molecule is CCc1ccccc1NC(=O)CN1CCC[C@@H]1C(=O)Nc1ccc(Cl)cc1Cl. The molecule has 0 aliphatic carbocycles. The van der Waals surface area contributed by atoms with Gasteiger partial charge in [0.05, 0.1) is 23.3 Å². The summed E-state index contributed by atoms with van der Waals surface area (Å²) in [6, 6.07) is 12.3. The first kappa shape index (κ1) is 20.6. The van der Waals surface area contributed by atoms with Gasteiger partial charge in [0.25, 0.3) is 0 Å². The molecule has 0 bridgehead atoms. The molecule has 0 spiro atoms. The van der Waals surface area contributed by atoms with Crippen molar-refractivity contribution in [2.45, 2.75) is 32.2 Å². The molecule has 28 heavy (non-hydrogen) atoms. The van der Waals surface area contributed by atoms with E-state index in [1.54, 1.807) is 18.2 Å². The Labute approximate surface area is 175 Å². The van der Waals surface area contributed by atoms with Gasteiger partial charge in [0.1, 0.15) is 0 Å². The van der Waals surface area contributed by atoms with Gasteiger partial charge in [-0.05, 0) is 55.6 Å². The fourth-order valence-corrected chi connectivity index (χ4v) is 3.90. The summed E-state index contributed by atoms with van der Waals surface area (Å²) in [5, 5.41) is 6.71. The highest BCUT2D eigenvalue weighted by Crippen LogP contribution is 2.27. The molecule has 1 aliphatic rings. The molecule has 2 amide bonds. The largest absolute Gasteiger partial charge is 0.325 e. The molecule has 0 aromatic heterocycles. The standard InChI is InChI=1S/C21H23Cl2N3O2/c1-2-14-6-3-4-7-17(14)24-20(27)13-26-11-5-8-19(26)21(28)25-18-10-9-15(22)12-16(18)23/h3-4,6-7,9-10,12,19H,2,5,8,11,13H2,1H3,(H,24,27)(H,25,28)/t19-/m1/s1. The molecule has 2 aromatic carbocycles. The lowest BCUT2D eigenvalue weighted by atomic mass is 10.1. The normalized spacial score (nSPS) is 16.8. The highest BCUT2D eigenvalue weighted by atomic mass is 35.5. The van der Waals surface area contributed by atoms with Crippen LogP contribution in [0.4, 0.5) is 11.4 Å². The maximum Gasteiger partial charge on any atom is 0.241 e. The summed E-state index contributed by atoms with van der Waals surface area (Å²) in [6.07, 6.45) is 2.41. The van der Waals surface area contributed by atoms with Crippen molar-refractivity contribution in [2.75, 3.05) is 23.7 Å². The second-order valence-corrected chi connectivity index (χ2v) is 7.64. The molecule has 1 fully saturated rings. The van der Waals surface area contributed by atoms with E-state index < -0.39 is 0 Å². The van der Waals surface area contributed by atoms with Crippen LogP contribution >= 0.6 is 23.2 Å². The number of nitrogens with zero attached hydrogens (tertiary/aromatic N) is 1. The van der Waals surface area contributed by atoms with Crippen LogP contribution in [0.1, 0.15) is 25.3 Å². The topological polar surface area (TPSA) is 61.4 Å². The van der Waals surface area contributed by atoms with Crippen molar-refractivity contribution >= 4 is 46.4 Å². The van der Waals surface area contributed by atoms with E-state index in [0.717, 1.165) is 24.1 Å². The van der Waals surface area contributed by atoms with Gasteiger partial charge in [0.2, 0.25) is 11.8 Å². The van der Waals surface area contributed by atoms with Gasteiger partial charge in [-0.15, -0.1) is 0 Å². The highest BCUT2D eigenvalue weighted by molar-refractivity contribution is 6.36. The molecule has 2 N–H and O–H groups in total. The third-order valence-electron chi connectivity index (χ3n) is 4.87. The van der Waals surface area contributed by atoms with Crippen LogP contribution in [0.2, 0.25) is 10.0 Å². The average molecular weight is 420 g/mol. The zero-order valence-corrected chi connectivity index (χ0v) is 17.2. The predicted octanol–water partition coefficient (Wildman–Crippen LogP) is 4.60. The summed E-state index contributed by atoms with van der Waals surface area (Å²) in [5.74, 6) is -0.284. The molecule has 3 rings (SSSR count). The number of halogens is 2. The minimum Gasteiger partial charge on any atom is -0.325 e. The van der Waals surface area contributed by atoms with Crippen LogP contribution in [0.25, 0.3) is 0 Å². The van der Waals surface area contributed by atoms with E-state index in [2.05, 4.69) is 10.6 Å². The van der Waals surface area contributed by atoms with Gasteiger partial charge in [0.15, 0.2) is 0 Å². The Hall–Kier alpha value is -2.08. The minimum atomic E-state index is -0.362. The molecule has 0 unspecified atom stereocenters. The molecule has 1 saturated heterocycles. The predicted molar refractivity (Wildman–Crippen MR) is 114 cm³/mol. The molecule has 0 radical (unpaired) electrons. The Balaban J connectivity index is 1.62. The van der Waals surface area contributed by atoms with E-state index in [1.807, 2.05) is 36.1 Å². The Morgan fingerprint density at radius 1 is 1.11 bits per heavy atom. The molecule has 7 heteroatoms. The van der Waals surface area contributed by atoms with Gasteiger partial charge in [-0.2, -0.15) is 0 Å². The van der Waals surface area contributed by atoms with E-state index in [4.69, 9.17) is 23.2 Å². The summed E-state index contributed by atoms with van der Waals surface area (Å²) in [6.45, 7) is 2.92. The molecule has 148 valence electrons. The number of carbonyl (C=O) groups excluding carboxylic acids is 2. The van der Waals surface area contributed by atoms with Crippen LogP contribution in [0.15, 0.2) is 42.5 Å². The third kappa shape index (κ3) is 5.04. The van der Waals surface area contributed by atoms with E-state index in [9.17, 15) is 9.59 Å². The number of likely N-dealkylation sites (tertiary alicyclic amines) is 1. The van der Waals surface area contributed by atoms with E-state index in [0.29, 0.717) is 28.7 Å². The van der Waals surface area contributed by atoms with Gasteiger partial charge in [-0.25, -0.2) is 0 Å². The third-order valence-corrected chi connectivity index (χ3v) is 5.42. The summed E-state index contributed by atoms with van der Waals surface area (Å²) in [4.78, 5) is 27.2. The van der Waals surface area contributed by atoms with Gasteiger partial charge in [-0.1, -0.05) is 48.3 Å². The second kappa shape index (κ2) is 9.41. The van der Waals surface area contributed by atoms with Crippen molar-refractivity contribution in [3.63, 3.8) is 0 Å². The zero-order valence-electron chi connectivity index (χ0n) is 15.7. The lowest BCUT2D eigenvalue weighted by molar-refractivity contribution is -0.122. The number of para-hydroxylation sites is 1. The maximum atomic E-state index is 12.7. The first-order chi connectivity index (χ1) is 13.5. The van der Waals surface area contributed by atoms with Crippen molar-refractivity contribution in [1.29, 1.82) is 0 Å². The Morgan fingerprint density at radius 2 is 1.89 bits per heavy atom. The number of hydrogen-bond donors (Lipinski definition) is 2. The molecule has 1 atom stereocenters. The number of anilines is 2. The number of hydrogen-bond acceptors (Lipinski definition) is 3. The fourth-order valence-electron chi connectivity index (χ4n) is 3.44. The molecule has 1 heterocycles. The summed E-state index contributed by atoms with van der Waals surface area (Å²) in [5.41, 5.74) is 2.43. The van der Waals surface area contributed by atoms with Crippen LogP contribution in [-0.4, -0.2) is 35.8 Å². The lowest BCUT2D eigenvalue weighted by Gasteiger charge is -2.23. The van der Waals surface area contributed by atoms with Gasteiger partial charge >= 0.3 is 0 Å². The lowest BCUT2D eigenvalue weighted by Crippen LogP contribution is -2.43. The van der Waals surface area contributed by atoms with Crippen molar-refractivity contribution in [3.8, 4) is 0 Å². The zero-order chi connectivity index (χ0) is 20.1.